The topological polar surface area (TPSA) is 58.1 Å². The van der Waals surface area contributed by atoms with Crippen molar-refractivity contribution < 1.29 is 4.79 Å². The van der Waals surface area contributed by atoms with E-state index in [4.69, 9.17) is 0 Å². The maximum atomic E-state index is 12.8. The molecule has 0 saturated carbocycles. The Labute approximate surface area is 145 Å². The predicted octanol–water partition coefficient (Wildman–Crippen LogP) is 3.89. The van der Waals surface area contributed by atoms with Crippen LogP contribution in [0.15, 0.2) is 48.8 Å². The fourth-order valence-electron chi connectivity index (χ4n) is 2.21. The van der Waals surface area contributed by atoms with Gasteiger partial charge >= 0.3 is 0 Å². The number of thiazole rings is 1. The molecule has 0 amide bonds. The highest BCUT2D eigenvalue weighted by Crippen LogP contribution is 2.32. The number of rotatable bonds is 5. The molecule has 0 aliphatic carbocycles. The van der Waals surface area contributed by atoms with Crippen LogP contribution in [-0.4, -0.2) is 29.8 Å². The van der Waals surface area contributed by atoms with Crippen molar-refractivity contribution in [2.24, 2.45) is 0 Å². The van der Waals surface area contributed by atoms with Gasteiger partial charge in [-0.25, -0.2) is 4.98 Å². The highest BCUT2D eigenvalue weighted by Gasteiger charge is 2.21. The second-order valence-corrected chi connectivity index (χ2v) is 6.62. The number of aryl methyl sites for hydroxylation is 1. The van der Waals surface area contributed by atoms with Crippen molar-refractivity contribution in [2.75, 3.05) is 24.3 Å². The van der Waals surface area contributed by atoms with Crippen molar-refractivity contribution in [3.05, 3.63) is 64.8 Å². The van der Waals surface area contributed by atoms with Crippen molar-refractivity contribution in [1.82, 2.24) is 9.97 Å². The fourth-order valence-corrected chi connectivity index (χ4v) is 3.24. The van der Waals surface area contributed by atoms with Crippen molar-refractivity contribution in [2.45, 2.75) is 6.92 Å². The van der Waals surface area contributed by atoms with Gasteiger partial charge in [0.2, 0.25) is 5.78 Å². The van der Waals surface area contributed by atoms with Crippen LogP contribution in [0.3, 0.4) is 0 Å². The molecule has 0 fully saturated rings. The van der Waals surface area contributed by atoms with Gasteiger partial charge in [0.1, 0.15) is 4.88 Å². The molecule has 24 heavy (non-hydrogen) atoms. The smallest absolute Gasteiger partial charge is 0.206 e. The first-order valence-corrected chi connectivity index (χ1v) is 8.33. The van der Waals surface area contributed by atoms with E-state index in [9.17, 15) is 4.79 Å². The van der Waals surface area contributed by atoms with Gasteiger partial charge < -0.3 is 10.2 Å². The summed E-state index contributed by atoms with van der Waals surface area (Å²) < 4.78 is 0. The molecule has 1 N–H and O–H groups in total. The number of hydrogen-bond acceptors (Lipinski definition) is 6. The summed E-state index contributed by atoms with van der Waals surface area (Å²) in [5.74, 6) is 0.618. The Morgan fingerprint density at radius 1 is 1.08 bits per heavy atom. The molecule has 3 aromatic rings. The first kappa shape index (κ1) is 16.1. The van der Waals surface area contributed by atoms with E-state index in [1.54, 1.807) is 24.5 Å². The first-order valence-electron chi connectivity index (χ1n) is 7.51. The molecule has 1 aromatic carbocycles. The van der Waals surface area contributed by atoms with Crippen LogP contribution in [-0.2, 0) is 0 Å². The van der Waals surface area contributed by atoms with Gasteiger partial charge in [-0.15, -0.1) is 0 Å². The predicted molar refractivity (Wildman–Crippen MR) is 98.6 cm³/mol. The Balaban J connectivity index is 1.93. The lowest BCUT2D eigenvalue weighted by molar-refractivity contribution is 0.104. The molecule has 0 radical (unpaired) electrons. The van der Waals surface area contributed by atoms with Crippen LogP contribution in [0.25, 0.3) is 0 Å². The van der Waals surface area contributed by atoms with Crippen LogP contribution >= 0.6 is 11.3 Å². The zero-order chi connectivity index (χ0) is 17.1. The lowest BCUT2D eigenvalue weighted by atomic mass is 10.1. The molecule has 0 aliphatic rings. The van der Waals surface area contributed by atoms with E-state index in [1.807, 2.05) is 50.2 Å². The third-order valence-electron chi connectivity index (χ3n) is 3.48. The van der Waals surface area contributed by atoms with E-state index in [1.165, 1.54) is 16.9 Å². The maximum absolute atomic E-state index is 12.8. The Kier molecular flexibility index (Phi) is 4.57. The highest BCUT2D eigenvalue weighted by molar-refractivity contribution is 7.18. The average molecular weight is 338 g/mol. The lowest BCUT2D eigenvalue weighted by Crippen LogP contribution is -2.13. The molecule has 122 valence electrons. The van der Waals surface area contributed by atoms with E-state index in [0.29, 0.717) is 21.4 Å². The van der Waals surface area contributed by atoms with Gasteiger partial charge in [0.15, 0.2) is 10.9 Å². The number of nitrogens with one attached hydrogen (secondary N) is 1. The minimum absolute atomic E-state index is 0.0458. The van der Waals surface area contributed by atoms with Gasteiger partial charge in [0.05, 0.1) is 0 Å². The normalized spacial score (nSPS) is 10.5. The second kappa shape index (κ2) is 6.80. The van der Waals surface area contributed by atoms with E-state index in [2.05, 4.69) is 15.3 Å². The summed E-state index contributed by atoms with van der Waals surface area (Å²) in [6.07, 6.45) is 3.24. The Morgan fingerprint density at radius 3 is 2.38 bits per heavy atom. The maximum Gasteiger partial charge on any atom is 0.206 e. The third kappa shape index (κ3) is 3.44. The van der Waals surface area contributed by atoms with Gasteiger partial charge in [-0.05, 0) is 31.2 Å². The van der Waals surface area contributed by atoms with Crippen molar-refractivity contribution in [1.29, 1.82) is 0 Å². The number of benzene rings is 1. The number of aromatic nitrogens is 2. The molecule has 0 bridgehead atoms. The average Bonchev–Trinajstić information content (AvgIpc) is 3.01. The van der Waals surface area contributed by atoms with Crippen LogP contribution in [0.1, 0.15) is 20.8 Å². The SMILES string of the molecule is Cc1ccc(Nc2nc(N(C)C)c(C(=O)c3ccncc3)s2)cc1. The van der Waals surface area contributed by atoms with E-state index < -0.39 is 0 Å². The molecule has 0 saturated heterocycles. The summed E-state index contributed by atoms with van der Waals surface area (Å²) >= 11 is 1.36. The summed E-state index contributed by atoms with van der Waals surface area (Å²) in [7, 11) is 3.77. The molecule has 2 aromatic heterocycles. The molecule has 2 heterocycles. The van der Waals surface area contributed by atoms with Crippen LogP contribution in [0.4, 0.5) is 16.6 Å². The van der Waals surface area contributed by atoms with Crippen LogP contribution < -0.4 is 10.2 Å². The molecule has 0 unspecified atom stereocenters. The monoisotopic (exact) mass is 338 g/mol. The molecule has 5 nitrogen and oxygen atoms in total. The molecular weight excluding hydrogens is 320 g/mol. The Bertz CT molecular complexity index is 841. The molecular formula is C18H18N4OS. The van der Waals surface area contributed by atoms with E-state index >= 15 is 0 Å². The van der Waals surface area contributed by atoms with E-state index in [0.717, 1.165) is 5.69 Å². The van der Waals surface area contributed by atoms with Crippen molar-refractivity contribution in [3.8, 4) is 0 Å². The second-order valence-electron chi connectivity index (χ2n) is 5.62. The Morgan fingerprint density at radius 2 is 1.75 bits per heavy atom. The minimum Gasteiger partial charge on any atom is -0.361 e. The summed E-state index contributed by atoms with van der Waals surface area (Å²) in [5.41, 5.74) is 2.75. The van der Waals surface area contributed by atoms with Crippen molar-refractivity contribution >= 4 is 33.8 Å². The molecule has 0 aliphatic heterocycles. The van der Waals surface area contributed by atoms with E-state index in [-0.39, 0.29) is 5.78 Å². The van der Waals surface area contributed by atoms with Gasteiger partial charge in [0.25, 0.3) is 0 Å². The number of ketones is 1. The highest BCUT2D eigenvalue weighted by atomic mass is 32.1. The number of anilines is 3. The number of pyridine rings is 1. The molecule has 3 rings (SSSR count). The largest absolute Gasteiger partial charge is 0.361 e. The molecule has 0 atom stereocenters. The number of nitrogens with zero attached hydrogens (tertiary/aromatic N) is 3. The van der Waals surface area contributed by atoms with Crippen molar-refractivity contribution in [3.63, 3.8) is 0 Å². The standard InChI is InChI=1S/C18H18N4OS/c1-12-4-6-14(7-5-12)20-18-21-17(22(2)3)16(24-18)15(23)13-8-10-19-11-9-13/h4-11H,1-3H3,(H,20,21). The van der Waals surface area contributed by atoms with Gasteiger partial charge in [-0.1, -0.05) is 29.0 Å². The van der Waals surface area contributed by atoms with Crippen LogP contribution in [0, 0.1) is 6.92 Å². The molecule has 0 spiro atoms. The quantitative estimate of drug-likeness (QED) is 0.715. The molecule has 6 heteroatoms. The summed E-state index contributed by atoms with van der Waals surface area (Å²) in [4.78, 5) is 23.8. The zero-order valence-corrected chi connectivity index (χ0v) is 14.6. The minimum atomic E-state index is -0.0458. The summed E-state index contributed by atoms with van der Waals surface area (Å²) in [6.45, 7) is 2.04. The number of carbonyl (C=O) groups is 1. The van der Waals surface area contributed by atoms with Gasteiger partial charge in [0, 0.05) is 37.7 Å². The third-order valence-corrected chi connectivity index (χ3v) is 4.44. The number of carbonyl (C=O) groups excluding carboxylic acids is 1. The summed E-state index contributed by atoms with van der Waals surface area (Å²) in [5, 5.41) is 3.96. The van der Waals surface area contributed by atoms with Crippen LogP contribution in [0.5, 0.6) is 0 Å². The van der Waals surface area contributed by atoms with Crippen LogP contribution in [0.2, 0.25) is 0 Å². The van der Waals surface area contributed by atoms with Gasteiger partial charge in [-0.2, -0.15) is 0 Å². The first-order chi connectivity index (χ1) is 11.5. The summed E-state index contributed by atoms with van der Waals surface area (Å²) in [6, 6.07) is 11.5. The number of hydrogen-bond donors (Lipinski definition) is 1. The Hall–Kier alpha value is -2.73. The fraction of sp³-hybridized carbons (Fsp3) is 0.167. The zero-order valence-electron chi connectivity index (χ0n) is 13.8. The van der Waals surface area contributed by atoms with Gasteiger partial charge in [-0.3, -0.25) is 9.78 Å². The lowest BCUT2D eigenvalue weighted by Gasteiger charge is -2.10.